The van der Waals surface area contributed by atoms with Crippen LogP contribution >= 0.6 is 0 Å². The van der Waals surface area contributed by atoms with Crippen LogP contribution in [-0.2, 0) is 0 Å². The Kier molecular flexibility index (Phi) is 4.14. The molecule has 0 bridgehead atoms. The summed E-state index contributed by atoms with van der Waals surface area (Å²) in [5, 5.41) is 12.0. The maximum Gasteiger partial charge on any atom is 0.322 e. The average Bonchev–Trinajstić information content (AvgIpc) is 2.35. The number of ether oxygens (including phenoxy) is 1. The van der Waals surface area contributed by atoms with Gasteiger partial charge in [0, 0.05) is 19.6 Å². The van der Waals surface area contributed by atoms with Gasteiger partial charge in [0.15, 0.2) is 0 Å². The molecule has 1 heterocycles. The molecule has 1 aromatic heterocycles. The second-order valence-corrected chi connectivity index (χ2v) is 4.20. The minimum atomic E-state index is 0.0827. The fraction of sp³-hybridized carbons (Fsp3) is 0.727. The Morgan fingerprint density at radius 3 is 2.67 bits per heavy atom. The highest BCUT2D eigenvalue weighted by molar-refractivity contribution is 5.39. The number of methoxy groups -OCH3 is 1. The summed E-state index contributed by atoms with van der Waals surface area (Å²) < 4.78 is 5.07. The molecule has 7 heteroatoms. The van der Waals surface area contributed by atoms with Gasteiger partial charge in [-0.3, -0.25) is 0 Å². The number of hydrogen-bond donors (Lipinski definition) is 2. The zero-order valence-electron chi connectivity index (χ0n) is 10.8. The van der Waals surface area contributed by atoms with E-state index in [0.29, 0.717) is 24.5 Å². The predicted molar refractivity (Wildman–Crippen MR) is 68.0 cm³/mol. The molecule has 1 aromatic rings. The molecule has 0 radical (unpaired) electrons. The highest BCUT2D eigenvalue weighted by Crippen LogP contribution is 2.28. The SMILES string of the molecule is CNc1nc(OC)nc(N(CCO)C2CCC2)n1. The summed E-state index contributed by atoms with van der Waals surface area (Å²) in [7, 11) is 3.27. The van der Waals surface area contributed by atoms with Gasteiger partial charge < -0.3 is 20.1 Å². The number of aromatic nitrogens is 3. The lowest BCUT2D eigenvalue weighted by molar-refractivity contribution is 0.281. The number of anilines is 2. The van der Waals surface area contributed by atoms with Gasteiger partial charge in [-0.2, -0.15) is 15.0 Å². The van der Waals surface area contributed by atoms with E-state index in [0.717, 1.165) is 12.8 Å². The Balaban J connectivity index is 2.26. The Labute approximate surface area is 106 Å². The van der Waals surface area contributed by atoms with Crippen molar-refractivity contribution in [2.24, 2.45) is 0 Å². The summed E-state index contributed by atoms with van der Waals surface area (Å²) in [4.78, 5) is 14.7. The Bertz CT molecular complexity index is 375. The number of rotatable bonds is 6. The maximum atomic E-state index is 9.16. The fourth-order valence-corrected chi connectivity index (χ4v) is 1.93. The van der Waals surface area contributed by atoms with Crippen LogP contribution in [0.4, 0.5) is 11.9 Å². The second kappa shape index (κ2) is 5.81. The van der Waals surface area contributed by atoms with Crippen LogP contribution < -0.4 is 15.0 Å². The molecule has 7 nitrogen and oxygen atoms in total. The minimum absolute atomic E-state index is 0.0827. The van der Waals surface area contributed by atoms with Crippen LogP contribution in [0.5, 0.6) is 6.01 Å². The van der Waals surface area contributed by atoms with Crippen molar-refractivity contribution in [3.05, 3.63) is 0 Å². The van der Waals surface area contributed by atoms with E-state index < -0.39 is 0 Å². The molecular weight excluding hydrogens is 234 g/mol. The van der Waals surface area contributed by atoms with Gasteiger partial charge in [0.05, 0.1) is 13.7 Å². The van der Waals surface area contributed by atoms with Gasteiger partial charge in [-0.05, 0) is 19.3 Å². The Morgan fingerprint density at radius 2 is 2.17 bits per heavy atom. The third-order valence-corrected chi connectivity index (χ3v) is 3.12. The standard InChI is InChI=1S/C11H19N5O2/c1-12-9-13-10(15-11(14-9)18-2)16(6-7-17)8-4-3-5-8/h8,17H,3-7H2,1-2H3,(H,12,13,14,15). The van der Waals surface area contributed by atoms with Crippen LogP contribution in [0.25, 0.3) is 0 Å². The van der Waals surface area contributed by atoms with E-state index in [2.05, 4.69) is 20.3 Å². The third-order valence-electron chi connectivity index (χ3n) is 3.12. The molecule has 0 atom stereocenters. The average molecular weight is 253 g/mol. The summed E-state index contributed by atoms with van der Waals surface area (Å²) in [6.07, 6.45) is 3.44. The fourth-order valence-electron chi connectivity index (χ4n) is 1.93. The zero-order valence-corrected chi connectivity index (χ0v) is 10.8. The smallest absolute Gasteiger partial charge is 0.322 e. The van der Waals surface area contributed by atoms with Crippen LogP contribution in [0.15, 0.2) is 0 Å². The van der Waals surface area contributed by atoms with Crippen molar-refractivity contribution in [2.45, 2.75) is 25.3 Å². The van der Waals surface area contributed by atoms with Crippen molar-refractivity contribution in [3.63, 3.8) is 0 Å². The summed E-state index contributed by atoms with van der Waals surface area (Å²) in [5.41, 5.74) is 0. The van der Waals surface area contributed by atoms with Gasteiger partial charge in [-0.25, -0.2) is 0 Å². The van der Waals surface area contributed by atoms with Crippen LogP contribution in [0.3, 0.4) is 0 Å². The first kappa shape index (κ1) is 12.8. The molecule has 2 N–H and O–H groups in total. The molecule has 0 spiro atoms. The van der Waals surface area contributed by atoms with Crippen LogP contribution in [-0.4, -0.2) is 53.4 Å². The molecule has 0 unspecified atom stereocenters. The van der Waals surface area contributed by atoms with Crippen molar-refractivity contribution < 1.29 is 9.84 Å². The topological polar surface area (TPSA) is 83.4 Å². The van der Waals surface area contributed by atoms with Gasteiger partial charge in [0.1, 0.15) is 0 Å². The highest BCUT2D eigenvalue weighted by Gasteiger charge is 2.27. The van der Waals surface area contributed by atoms with E-state index in [1.807, 2.05) is 4.90 Å². The maximum absolute atomic E-state index is 9.16. The van der Waals surface area contributed by atoms with Crippen LogP contribution in [0, 0.1) is 0 Å². The number of nitrogens with one attached hydrogen (secondary N) is 1. The first-order valence-corrected chi connectivity index (χ1v) is 6.13. The largest absolute Gasteiger partial charge is 0.467 e. The molecule has 1 aliphatic carbocycles. The van der Waals surface area contributed by atoms with Gasteiger partial charge in [-0.15, -0.1) is 0 Å². The third kappa shape index (κ3) is 2.61. The quantitative estimate of drug-likeness (QED) is 0.753. The van der Waals surface area contributed by atoms with E-state index in [-0.39, 0.29) is 12.6 Å². The number of hydrogen-bond acceptors (Lipinski definition) is 7. The van der Waals surface area contributed by atoms with E-state index in [1.165, 1.54) is 13.5 Å². The summed E-state index contributed by atoms with van der Waals surface area (Å²) in [5.74, 6) is 1.03. The lowest BCUT2D eigenvalue weighted by Gasteiger charge is -2.37. The van der Waals surface area contributed by atoms with Crippen LogP contribution in [0.1, 0.15) is 19.3 Å². The van der Waals surface area contributed by atoms with E-state index in [4.69, 9.17) is 9.84 Å². The van der Waals surface area contributed by atoms with Crippen molar-refractivity contribution in [1.82, 2.24) is 15.0 Å². The van der Waals surface area contributed by atoms with Gasteiger partial charge >= 0.3 is 6.01 Å². The summed E-state index contributed by atoms with van der Waals surface area (Å²) in [6, 6.07) is 0.695. The molecule has 0 aromatic carbocycles. The molecule has 2 rings (SSSR count). The number of aliphatic hydroxyl groups excluding tert-OH is 1. The molecule has 100 valence electrons. The van der Waals surface area contributed by atoms with Crippen molar-refractivity contribution in [1.29, 1.82) is 0 Å². The predicted octanol–water partition coefficient (Wildman–Crippen LogP) is 0.273. The van der Waals surface area contributed by atoms with Gasteiger partial charge in [0.2, 0.25) is 11.9 Å². The minimum Gasteiger partial charge on any atom is -0.467 e. The molecule has 0 saturated heterocycles. The highest BCUT2D eigenvalue weighted by atomic mass is 16.5. The first-order valence-electron chi connectivity index (χ1n) is 6.13. The first-order chi connectivity index (χ1) is 8.78. The molecule has 1 aliphatic rings. The van der Waals surface area contributed by atoms with E-state index in [9.17, 15) is 0 Å². The molecule has 1 fully saturated rings. The summed E-state index contributed by atoms with van der Waals surface area (Å²) >= 11 is 0. The van der Waals surface area contributed by atoms with Crippen molar-refractivity contribution in [3.8, 4) is 6.01 Å². The Morgan fingerprint density at radius 1 is 1.39 bits per heavy atom. The Hall–Kier alpha value is -1.63. The monoisotopic (exact) mass is 253 g/mol. The second-order valence-electron chi connectivity index (χ2n) is 4.20. The molecule has 0 amide bonds. The van der Waals surface area contributed by atoms with E-state index in [1.54, 1.807) is 7.05 Å². The lowest BCUT2D eigenvalue weighted by atomic mass is 9.92. The van der Waals surface area contributed by atoms with Gasteiger partial charge in [-0.1, -0.05) is 0 Å². The molecule has 18 heavy (non-hydrogen) atoms. The van der Waals surface area contributed by atoms with Crippen LogP contribution in [0.2, 0.25) is 0 Å². The number of aliphatic hydroxyl groups is 1. The van der Waals surface area contributed by atoms with E-state index >= 15 is 0 Å². The zero-order chi connectivity index (χ0) is 13.0. The molecular formula is C11H19N5O2. The van der Waals surface area contributed by atoms with Crippen molar-refractivity contribution in [2.75, 3.05) is 37.5 Å². The normalized spacial score (nSPS) is 15.1. The molecule has 1 saturated carbocycles. The van der Waals surface area contributed by atoms with Crippen molar-refractivity contribution >= 4 is 11.9 Å². The van der Waals surface area contributed by atoms with Gasteiger partial charge in [0.25, 0.3) is 0 Å². The summed E-state index contributed by atoms with van der Waals surface area (Å²) in [6.45, 7) is 0.611. The molecule has 0 aliphatic heterocycles. The lowest BCUT2D eigenvalue weighted by Crippen LogP contribution is -2.43. The number of nitrogens with zero attached hydrogens (tertiary/aromatic N) is 4.